The maximum absolute atomic E-state index is 11.4. The number of halogens is 1. The molecule has 0 radical (unpaired) electrons. The number of aryl methyl sites for hydroxylation is 2. The van der Waals surface area contributed by atoms with Crippen LogP contribution in [0.25, 0.3) is 17.0 Å². The van der Waals surface area contributed by atoms with E-state index < -0.39 is 5.91 Å². The standard InChI is InChI=1S/C30H33ClN4O2/c1-19-20(2)30(31)32-26(19)18-35(15-14-23-17-34(3)27-7-5-4-6-24(23)27)28-12-10-22-16-21(8-11-25(22)28)9-13-29(36)33-37/h4-9,11,13,16-17,28,32,37H,10,12,14-15,18H2,1-3H3,(H,33,36). The SMILES string of the molecule is Cc1c(Cl)[nH]c(CN(CCc2cn(C)c3ccccc23)C2CCc3cc(C=CC(=O)NO)ccc32)c1C. The van der Waals surface area contributed by atoms with Crippen molar-refractivity contribution in [2.24, 2.45) is 7.05 Å². The molecule has 37 heavy (non-hydrogen) atoms. The molecule has 1 amide bonds. The zero-order chi connectivity index (χ0) is 26.1. The van der Waals surface area contributed by atoms with Gasteiger partial charge in [-0.25, -0.2) is 5.48 Å². The highest BCUT2D eigenvalue weighted by atomic mass is 35.5. The Morgan fingerprint density at radius 3 is 2.81 bits per heavy atom. The van der Waals surface area contributed by atoms with Gasteiger partial charge in [-0.3, -0.25) is 14.9 Å². The van der Waals surface area contributed by atoms with Crippen LogP contribution in [0.2, 0.25) is 5.15 Å². The smallest absolute Gasteiger partial charge is 0.267 e. The second-order valence-electron chi connectivity index (χ2n) is 9.99. The lowest BCUT2D eigenvalue weighted by Crippen LogP contribution is -2.30. The number of aromatic nitrogens is 2. The fourth-order valence-corrected chi connectivity index (χ4v) is 5.87. The molecule has 7 heteroatoms. The highest BCUT2D eigenvalue weighted by Crippen LogP contribution is 2.38. The molecule has 1 unspecified atom stereocenters. The molecule has 1 aliphatic rings. The van der Waals surface area contributed by atoms with E-state index in [1.54, 1.807) is 11.6 Å². The van der Waals surface area contributed by atoms with Gasteiger partial charge in [0, 0.05) is 55.0 Å². The third-order valence-electron chi connectivity index (χ3n) is 7.81. The van der Waals surface area contributed by atoms with E-state index in [9.17, 15) is 4.79 Å². The van der Waals surface area contributed by atoms with Crippen molar-refractivity contribution in [3.8, 4) is 0 Å². The van der Waals surface area contributed by atoms with Crippen molar-refractivity contribution in [3.63, 3.8) is 0 Å². The van der Waals surface area contributed by atoms with E-state index in [2.05, 4.69) is 77.9 Å². The van der Waals surface area contributed by atoms with Gasteiger partial charge in [-0.2, -0.15) is 0 Å². The number of nitrogens with zero attached hydrogens (tertiary/aromatic N) is 2. The lowest BCUT2D eigenvalue weighted by Gasteiger charge is -2.30. The highest BCUT2D eigenvalue weighted by molar-refractivity contribution is 6.30. The van der Waals surface area contributed by atoms with Crippen molar-refractivity contribution in [1.29, 1.82) is 0 Å². The molecule has 3 N–H and O–H groups in total. The number of hydroxylamine groups is 1. The van der Waals surface area contributed by atoms with E-state index in [4.69, 9.17) is 16.8 Å². The Hall–Kier alpha value is -3.32. The van der Waals surface area contributed by atoms with Crippen LogP contribution in [0.3, 0.4) is 0 Å². The summed E-state index contributed by atoms with van der Waals surface area (Å²) in [5.74, 6) is -0.534. The van der Waals surface area contributed by atoms with Crippen LogP contribution in [0.15, 0.2) is 54.7 Å². The quantitative estimate of drug-likeness (QED) is 0.152. The largest absolute Gasteiger partial charge is 0.350 e. The second-order valence-corrected chi connectivity index (χ2v) is 10.4. The minimum Gasteiger partial charge on any atom is -0.350 e. The first kappa shape index (κ1) is 25.3. The zero-order valence-corrected chi connectivity index (χ0v) is 22.3. The van der Waals surface area contributed by atoms with Crippen molar-refractivity contribution in [2.45, 2.75) is 45.7 Å². The molecule has 192 valence electrons. The second kappa shape index (κ2) is 10.6. The summed E-state index contributed by atoms with van der Waals surface area (Å²) in [6.45, 7) is 5.92. The van der Waals surface area contributed by atoms with Crippen LogP contribution in [0.4, 0.5) is 0 Å². The molecule has 2 heterocycles. The number of hydrogen-bond acceptors (Lipinski definition) is 3. The molecule has 0 saturated carbocycles. The maximum atomic E-state index is 11.4. The van der Waals surface area contributed by atoms with Crippen molar-refractivity contribution in [2.75, 3.05) is 6.54 Å². The van der Waals surface area contributed by atoms with E-state index in [1.165, 1.54) is 44.9 Å². The number of para-hydroxylation sites is 1. The number of fused-ring (bicyclic) bond motifs is 2. The Morgan fingerprint density at radius 1 is 1.24 bits per heavy atom. The van der Waals surface area contributed by atoms with Crippen LogP contribution >= 0.6 is 11.6 Å². The molecule has 4 aromatic rings. The van der Waals surface area contributed by atoms with Gasteiger partial charge in [-0.15, -0.1) is 0 Å². The van der Waals surface area contributed by atoms with Gasteiger partial charge in [-0.05, 0) is 78.6 Å². The summed E-state index contributed by atoms with van der Waals surface area (Å²) in [5.41, 5.74) is 11.4. The highest BCUT2D eigenvalue weighted by Gasteiger charge is 2.29. The molecule has 1 aliphatic carbocycles. The van der Waals surface area contributed by atoms with Gasteiger partial charge >= 0.3 is 0 Å². The molecule has 1 atom stereocenters. The Kier molecular flexibility index (Phi) is 7.24. The van der Waals surface area contributed by atoms with E-state index in [0.717, 1.165) is 48.6 Å². The lowest BCUT2D eigenvalue weighted by molar-refractivity contribution is -0.124. The number of nitrogens with one attached hydrogen (secondary N) is 2. The van der Waals surface area contributed by atoms with Gasteiger partial charge in [0.25, 0.3) is 5.91 Å². The van der Waals surface area contributed by atoms with Gasteiger partial charge in [0.1, 0.15) is 5.15 Å². The first-order chi connectivity index (χ1) is 17.9. The lowest BCUT2D eigenvalue weighted by atomic mass is 10.0. The average Bonchev–Trinajstić information content (AvgIpc) is 3.55. The van der Waals surface area contributed by atoms with Crippen molar-refractivity contribution >= 4 is 34.5 Å². The van der Waals surface area contributed by atoms with Crippen molar-refractivity contribution in [1.82, 2.24) is 19.9 Å². The minimum absolute atomic E-state index is 0.297. The Morgan fingerprint density at radius 2 is 2.05 bits per heavy atom. The number of H-pyrrole nitrogens is 1. The van der Waals surface area contributed by atoms with Gasteiger partial charge in [0.2, 0.25) is 0 Å². The van der Waals surface area contributed by atoms with Gasteiger partial charge in [-0.1, -0.05) is 48.0 Å². The van der Waals surface area contributed by atoms with Crippen LogP contribution in [0, 0.1) is 13.8 Å². The molecule has 5 rings (SSSR count). The van der Waals surface area contributed by atoms with Gasteiger partial charge < -0.3 is 9.55 Å². The predicted molar refractivity (Wildman–Crippen MR) is 149 cm³/mol. The van der Waals surface area contributed by atoms with Crippen LogP contribution in [0.5, 0.6) is 0 Å². The van der Waals surface area contributed by atoms with Crippen LogP contribution in [-0.2, 0) is 31.2 Å². The predicted octanol–water partition coefficient (Wildman–Crippen LogP) is 6.03. The Bertz CT molecular complexity index is 1480. The first-order valence-corrected chi connectivity index (χ1v) is 13.1. The van der Waals surface area contributed by atoms with E-state index in [0.29, 0.717) is 6.04 Å². The summed E-state index contributed by atoms with van der Waals surface area (Å²) in [6, 6.07) is 15.3. The number of benzene rings is 2. The van der Waals surface area contributed by atoms with Crippen LogP contribution < -0.4 is 5.48 Å². The summed E-state index contributed by atoms with van der Waals surface area (Å²) >= 11 is 6.45. The molecule has 0 saturated heterocycles. The molecular formula is C30H33ClN4O2. The average molecular weight is 517 g/mol. The fourth-order valence-electron chi connectivity index (χ4n) is 5.61. The Labute approximate surface area is 222 Å². The van der Waals surface area contributed by atoms with Crippen molar-refractivity contribution in [3.05, 3.63) is 99.0 Å². The third kappa shape index (κ3) is 5.10. The maximum Gasteiger partial charge on any atom is 0.267 e. The molecular weight excluding hydrogens is 484 g/mol. The van der Waals surface area contributed by atoms with E-state index in [-0.39, 0.29) is 0 Å². The molecule has 2 aromatic carbocycles. The molecule has 0 bridgehead atoms. The fraction of sp³-hybridized carbons (Fsp3) is 0.300. The minimum atomic E-state index is -0.534. The first-order valence-electron chi connectivity index (χ1n) is 12.7. The molecule has 2 aromatic heterocycles. The van der Waals surface area contributed by atoms with Crippen molar-refractivity contribution < 1.29 is 10.0 Å². The monoisotopic (exact) mass is 516 g/mol. The molecule has 0 fully saturated rings. The summed E-state index contributed by atoms with van der Waals surface area (Å²) < 4.78 is 2.21. The summed E-state index contributed by atoms with van der Waals surface area (Å²) in [6.07, 6.45) is 8.31. The summed E-state index contributed by atoms with van der Waals surface area (Å²) in [7, 11) is 2.11. The van der Waals surface area contributed by atoms with Crippen LogP contribution in [-0.4, -0.2) is 32.1 Å². The molecule has 0 spiro atoms. The van der Waals surface area contributed by atoms with E-state index in [1.807, 2.05) is 6.07 Å². The van der Waals surface area contributed by atoms with Gasteiger partial charge in [0.05, 0.1) is 0 Å². The topological polar surface area (TPSA) is 73.3 Å². The summed E-state index contributed by atoms with van der Waals surface area (Å²) in [4.78, 5) is 17.4. The van der Waals surface area contributed by atoms with Crippen LogP contribution in [0.1, 0.15) is 51.5 Å². The number of amides is 1. The van der Waals surface area contributed by atoms with E-state index >= 15 is 0 Å². The Balaban J connectivity index is 1.43. The normalized spacial score (nSPS) is 15.2. The number of aromatic amines is 1. The molecule has 0 aliphatic heterocycles. The third-order valence-corrected chi connectivity index (χ3v) is 8.18. The number of rotatable bonds is 8. The number of carbonyl (C=O) groups is 1. The molecule has 6 nitrogen and oxygen atoms in total. The van der Waals surface area contributed by atoms with Gasteiger partial charge in [0.15, 0.2) is 0 Å². The summed E-state index contributed by atoms with van der Waals surface area (Å²) in [5, 5.41) is 10.8. The number of carbonyl (C=O) groups excluding carboxylic acids is 1. The number of hydrogen-bond donors (Lipinski definition) is 3. The zero-order valence-electron chi connectivity index (χ0n) is 21.5.